The van der Waals surface area contributed by atoms with E-state index >= 15 is 0 Å². The van der Waals surface area contributed by atoms with E-state index in [0.29, 0.717) is 23.9 Å². The van der Waals surface area contributed by atoms with Crippen LogP contribution in [0.25, 0.3) is 0 Å². The van der Waals surface area contributed by atoms with E-state index < -0.39 is 28.1 Å². The maximum atomic E-state index is 13.4. The van der Waals surface area contributed by atoms with Crippen molar-refractivity contribution in [3.05, 3.63) is 94.5 Å². The van der Waals surface area contributed by atoms with Crippen LogP contribution in [0.1, 0.15) is 60.0 Å². The van der Waals surface area contributed by atoms with Crippen LogP contribution in [0.5, 0.6) is 5.75 Å². The Kier molecular flexibility index (Phi) is 11.8. The molecule has 4 N–H and O–H groups in total. The molecule has 226 valence electrons. The summed E-state index contributed by atoms with van der Waals surface area (Å²) in [6.07, 6.45) is 5.49. The Morgan fingerprint density at radius 3 is 2.43 bits per heavy atom. The van der Waals surface area contributed by atoms with Crippen molar-refractivity contribution in [3.8, 4) is 5.75 Å². The molecule has 2 atom stereocenters. The molecule has 8 nitrogen and oxygen atoms in total. The first-order valence-electron chi connectivity index (χ1n) is 14.4. The van der Waals surface area contributed by atoms with Gasteiger partial charge in [0.2, 0.25) is 10.0 Å². The first kappa shape index (κ1) is 32.0. The Bertz CT molecular complexity index is 1430. The van der Waals surface area contributed by atoms with Crippen molar-refractivity contribution in [2.24, 2.45) is 5.92 Å². The Hall–Kier alpha value is -2.95. The quantitative estimate of drug-likeness (QED) is 0.202. The molecule has 0 aromatic heterocycles. The van der Waals surface area contributed by atoms with Gasteiger partial charge >= 0.3 is 0 Å². The molecular formula is C32H40ClN3O5S. The SMILES string of the molecule is COc1cccc(CNC[C@H](O)[C@H](CC2CCCCC2)NC(=O)c2cccc(S(=O)(=O)NCc3cccc(Cl)c3)c2)c1. The number of nitrogens with one attached hydrogen (secondary N) is 3. The van der Waals surface area contributed by atoms with Crippen molar-refractivity contribution in [2.75, 3.05) is 13.7 Å². The predicted octanol–water partition coefficient (Wildman–Crippen LogP) is 5.05. The second-order valence-electron chi connectivity index (χ2n) is 10.9. The van der Waals surface area contributed by atoms with Gasteiger partial charge in [0.15, 0.2) is 0 Å². The van der Waals surface area contributed by atoms with Gasteiger partial charge in [0.1, 0.15) is 5.75 Å². The largest absolute Gasteiger partial charge is 0.497 e. The summed E-state index contributed by atoms with van der Waals surface area (Å²) in [5, 5.41) is 18.0. The molecule has 1 amide bonds. The Morgan fingerprint density at radius 1 is 0.976 bits per heavy atom. The van der Waals surface area contributed by atoms with Crippen LogP contribution in [-0.2, 0) is 23.1 Å². The molecular weight excluding hydrogens is 574 g/mol. The highest BCUT2D eigenvalue weighted by atomic mass is 35.5. The molecule has 4 rings (SSSR count). The molecule has 1 aliphatic carbocycles. The van der Waals surface area contributed by atoms with E-state index in [1.54, 1.807) is 43.5 Å². The lowest BCUT2D eigenvalue weighted by molar-refractivity contribution is 0.0776. The standard InChI is InChI=1S/C32H40ClN3O5S/c1-41-28-14-6-11-25(17-28)20-34-22-31(37)30(18-23-8-3-2-4-9-23)36-32(38)26-12-7-15-29(19-26)42(39,40)35-21-24-10-5-13-27(33)16-24/h5-7,10-17,19,23,30-31,34-35,37H,2-4,8-9,18,20-22H2,1H3,(H,36,38)/t30-,31-/m0/s1. The number of rotatable bonds is 14. The molecule has 0 aliphatic heterocycles. The fourth-order valence-corrected chi connectivity index (χ4v) is 6.62. The summed E-state index contributed by atoms with van der Waals surface area (Å²) in [6, 6.07) is 20.1. The number of aliphatic hydroxyl groups is 1. The highest BCUT2D eigenvalue weighted by molar-refractivity contribution is 7.89. The zero-order valence-electron chi connectivity index (χ0n) is 23.9. The molecule has 0 bridgehead atoms. The predicted molar refractivity (Wildman–Crippen MR) is 165 cm³/mol. The summed E-state index contributed by atoms with van der Waals surface area (Å²) in [5.41, 5.74) is 1.96. The number of amides is 1. The van der Waals surface area contributed by atoms with Gasteiger partial charge in [0.25, 0.3) is 5.91 Å². The molecule has 42 heavy (non-hydrogen) atoms. The molecule has 10 heteroatoms. The Balaban J connectivity index is 1.41. The van der Waals surface area contributed by atoms with E-state index in [1.165, 1.54) is 18.6 Å². The Morgan fingerprint density at radius 2 is 1.69 bits per heavy atom. The molecule has 0 saturated heterocycles. The minimum absolute atomic E-state index is 0.0125. The topological polar surface area (TPSA) is 117 Å². The third kappa shape index (κ3) is 9.54. The van der Waals surface area contributed by atoms with Gasteiger partial charge in [0, 0.05) is 30.2 Å². The summed E-state index contributed by atoms with van der Waals surface area (Å²) in [4.78, 5) is 13.4. The van der Waals surface area contributed by atoms with E-state index in [4.69, 9.17) is 16.3 Å². The van der Waals surface area contributed by atoms with E-state index in [9.17, 15) is 18.3 Å². The van der Waals surface area contributed by atoms with Gasteiger partial charge < -0.3 is 20.5 Å². The van der Waals surface area contributed by atoms with Crippen LogP contribution >= 0.6 is 11.6 Å². The van der Waals surface area contributed by atoms with Crippen LogP contribution in [0.4, 0.5) is 0 Å². The average Bonchev–Trinajstić information content (AvgIpc) is 3.00. The summed E-state index contributed by atoms with van der Waals surface area (Å²) < 4.78 is 33.9. The minimum Gasteiger partial charge on any atom is -0.497 e. The van der Waals surface area contributed by atoms with Crippen molar-refractivity contribution in [1.29, 1.82) is 0 Å². The van der Waals surface area contributed by atoms with Gasteiger partial charge in [-0.25, -0.2) is 13.1 Å². The smallest absolute Gasteiger partial charge is 0.251 e. The maximum Gasteiger partial charge on any atom is 0.251 e. The van der Waals surface area contributed by atoms with Gasteiger partial charge in [0.05, 0.1) is 24.2 Å². The second-order valence-corrected chi connectivity index (χ2v) is 13.1. The molecule has 1 saturated carbocycles. The van der Waals surface area contributed by atoms with Crippen LogP contribution in [-0.4, -0.2) is 45.2 Å². The molecule has 0 heterocycles. The third-order valence-corrected chi connectivity index (χ3v) is 9.31. The molecule has 3 aromatic rings. The van der Waals surface area contributed by atoms with E-state index in [1.807, 2.05) is 24.3 Å². The number of sulfonamides is 1. The van der Waals surface area contributed by atoms with Gasteiger partial charge in [-0.05, 0) is 65.9 Å². The van der Waals surface area contributed by atoms with Crippen LogP contribution in [0.3, 0.4) is 0 Å². The number of methoxy groups -OCH3 is 1. The highest BCUT2D eigenvalue weighted by Crippen LogP contribution is 2.28. The summed E-state index contributed by atoms with van der Waals surface area (Å²) >= 11 is 6.01. The summed E-state index contributed by atoms with van der Waals surface area (Å²) in [7, 11) is -2.26. The normalized spacial score (nSPS) is 15.6. The number of ether oxygens (including phenoxy) is 1. The maximum absolute atomic E-state index is 13.4. The van der Waals surface area contributed by atoms with Crippen LogP contribution in [0.15, 0.2) is 77.7 Å². The van der Waals surface area contributed by atoms with Crippen LogP contribution in [0.2, 0.25) is 5.02 Å². The second kappa shape index (κ2) is 15.5. The third-order valence-electron chi connectivity index (χ3n) is 7.67. The molecule has 1 aliphatic rings. The first-order chi connectivity index (χ1) is 20.2. The lowest BCUT2D eigenvalue weighted by Crippen LogP contribution is -2.48. The zero-order valence-corrected chi connectivity index (χ0v) is 25.5. The van der Waals surface area contributed by atoms with Gasteiger partial charge in [-0.3, -0.25) is 4.79 Å². The zero-order chi connectivity index (χ0) is 30.0. The molecule has 0 unspecified atom stereocenters. The lowest BCUT2D eigenvalue weighted by atomic mass is 9.83. The lowest BCUT2D eigenvalue weighted by Gasteiger charge is -2.30. The molecule has 1 fully saturated rings. The summed E-state index contributed by atoms with van der Waals surface area (Å²) in [5.74, 6) is 0.759. The monoisotopic (exact) mass is 613 g/mol. The number of halogens is 1. The number of aliphatic hydroxyl groups excluding tert-OH is 1. The molecule has 3 aromatic carbocycles. The number of carbonyl (C=O) groups excluding carboxylic acids is 1. The number of hydrogen-bond donors (Lipinski definition) is 4. The van der Waals surface area contributed by atoms with Crippen LogP contribution < -0.4 is 20.1 Å². The Labute approximate surface area is 253 Å². The summed E-state index contributed by atoms with van der Waals surface area (Å²) in [6.45, 7) is 0.898. The number of hydrogen-bond acceptors (Lipinski definition) is 6. The minimum atomic E-state index is -3.88. The van der Waals surface area contributed by atoms with E-state index in [0.717, 1.165) is 42.6 Å². The van der Waals surface area contributed by atoms with Crippen LogP contribution in [0, 0.1) is 5.92 Å². The van der Waals surface area contributed by atoms with Crippen molar-refractivity contribution in [3.63, 3.8) is 0 Å². The fraction of sp³-hybridized carbons (Fsp3) is 0.406. The fourth-order valence-electron chi connectivity index (χ4n) is 5.35. The van der Waals surface area contributed by atoms with Gasteiger partial charge in [-0.1, -0.05) is 74.0 Å². The molecule has 0 spiro atoms. The highest BCUT2D eigenvalue weighted by Gasteiger charge is 2.27. The van der Waals surface area contributed by atoms with E-state index in [-0.39, 0.29) is 23.5 Å². The van der Waals surface area contributed by atoms with Crippen molar-refractivity contribution in [2.45, 2.75) is 68.7 Å². The number of benzene rings is 3. The van der Waals surface area contributed by atoms with Gasteiger partial charge in [-0.15, -0.1) is 0 Å². The average molecular weight is 614 g/mol. The van der Waals surface area contributed by atoms with Crippen molar-refractivity contribution < 1.29 is 23.1 Å². The van der Waals surface area contributed by atoms with Crippen molar-refractivity contribution >= 4 is 27.5 Å². The van der Waals surface area contributed by atoms with E-state index in [2.05, 4.69) is 15.4 Å². The van der Waals surface area contributed by atoms with Gasteiger partial charge in [-0.2, -0.15) is 0 Å². The van der Waals surface area contributed by atoms with Crippen molar-refractivity contribution in [1.82, 2.24) is 15.4 Å². The molecule has 0 radical (unpaired) electrons. The number of carbonyl (C=O) groups is 1. The first-order valence-corrected chi connectivity index (χ1v) is 16.3.